The van der Waals surface area contributed by atoms with E-state index in [0.29, 0.717) is 5.56 Å². The van der Waals surface area contributed by atoms with Gasteiger partial charge in [0.2, 0.25) is 0 Å². The van der Waals surface area contributed by atoms with Crippen molar-refractivity contribution in [1.82, 2.24) is 0 Å². The van der Waals surface area contributed by atoms with Gasteiger partial charge >= 0.3 is 12.1 Å². The number of aliphatic hydroxyl groups excluding tert-OH is 1. The quantitative estimate of drug-likeness (QED) is 0.632. The van der Waals surface area contributed by atoms with Crippen LogP contribution < -0.4 is 5.32 Å². The number of aliphatic hydroxyl groups is 1. The molecule has 4 N–H and O–H groups in total. The normalized spacial score (nSPS) is 13.3. The molecule has 0 spiro atoms. The molecule has 0 saturated carbocycles. The van der Waals surface area contributed by atoms with Crippen molar-refractivity contribution in [3.8, 4) is 5.75 Å². The van der Waals surface area contributed by atoms with Crippen molar-refractivity contribution >= 4 is 17.7 Å². The summed E-state index contributed by atoms with van der Waals surface area (Å²) in [5.74, 6) is -1.55. The molecule has 0 aliphatic heterocycles. The van der Waals surface area contributed by atoms with Crippen LogP contribution in [0.15, 0.2) is 18.2 Å². The van der Waals surface area contributed by atoms with Gasteiger partial charge in [-0.15, -0.1) is 0 Å². The predicted molar refractivity (Wildman–Crippen MR) is 84.6 cm³/mol. The number of aliphatic carboxylic acids is 1. The maximum atomic E-state index is 11.8. The van der Waals surface area contributed by atoms with Crippen LogP contribution in [0, 0.1) is 0 Å². The zero-order valence-electron chi connectivity index (χ0n) is 13.9. The summed E-state index contributed by atoms with van der Waals surface area (Å²) in [6.07, 6.45) is -2.39. The lowest BCUT2D eigenvalue weighted by molar-refractivity contribution is -0.150. The van der Waals surface area contributed by atoms with Gasteiger partial charge in [-0.05, 0) is 38.5 Å². The van der Waals surface area contributed by atoms with Crippen LogP contribution in [-0.4, -0.2) is 39.1 Å². The number of aromatic hydroxyl groups is 1. The zero-order chi connectivity index (χ0) is 18.0. The number of benzene rings is 1. The van der Waals surface area contributed by atoms with Crippen LogP contribution in [0.5, 0.6) is 5.75 Å². The largest absolute Gasteiger partial charge is 0.506 e. The number of anilines is 1. The molecule has 1 unspecified atom stereocenters. The number of hydrogen-bond acceptors (Lipinski definition) is 5. The van der Waals surface area contributed by atoms with Gasteiger partial charge in [0.1, 0.15) is 11.4 Å². The Morgan fingerprint density at radius 3 is 2.22 bits per heavy atom. The molecule has 0 bridgehead atoms. The number of ether oxygens (including phenoxy) is 1. The molecule has 0 saturated heterocycles. The first kappa shape index (κ1) is 18.8. The molecule has 1 amide bonds. The Labute approximate surface area is 134 Å². The molecule has 23 heavy (non-hydrogen) atoms. The van der Waals surface area contributed by atoms with Gasteiger partial charge < -0.3 is 20.1 Å². The minimum absolute atomic E-state index is 0.0717. The van der Waals surface area contributed by atoms with Gasteiger partial charge in [-0.25, -0.2) is 9.59 Å². The molecule has 1 atom stereocenters. The number of carboxylic acids is 1. The van der Waals surface area contributed by atoms with E-state index < -0.39 is 29.2 Å². The van der Waals surface area contributed by atoms with Gasteiger partial charge in [0.15, 0.2) is 6.10 Å². The molecule has 1 rings (SSSR count). The minimum Gasteiger partial charge on any atom is -0.506 e. The maximum Gasteiger partial charge on any atom is 0.412 e. The van der Waals surface area contributed by atoms with Crippen molar-refractivity contribution in [2.75, 3.05) is 5.32 Å². The van der Waals surface area contributed by atoms with Crippen molar-refractivity contribution in [2.45, 2.75) is 51.7 Å². The lowest BCUT2D eigenvalue weighted by atomic mass is 9.79. The number of hydrogen-bond donors (Lipinski definition) is 4. The fraction of sp³-hybridized carbons (Fsp3) is 0.500. The van der Waals surface area contributed by atoms with Gasteiger partial charge in [0.25, 0.3) is 0 Å². The Bertz CT molecular complexity index is 603. The summed E-state index contributed by atoms with van der Waals surface area (Å²) in [4.78, 5) is 22.8. The van der Waals surface area contributed by atoms with Crippen LogP contribution in [0.4, 0.5) is 10.5 Å². The summed E-state index contributed by atoms with van der Waals surface area (Å²) >= 11 is 0. The second-order valence-corrected chi connectivity index (χ2v) is 6.82. The van der Waals surface area contributed by atoms with E-state index in [0.717, 1.165) is 0 Å². The highest BCUT2D eigenvalue weighted by atomic mass is 16.6. The molecular weight excluding hydrogens is 302 g/mol. The van der Waals surface area contributed by atoms with E-state index in [9.17, 15) is 19.8 Å². The smallest absolute Gasteiger partial charge is 0.412 e. The van der Waals surface area contributed by atoms with E-state index in [-0.39, 0.29) is 11.4 Å². The molecule has 7 nitrogen and oxygen atoms in total. The summed E-state index contributed by atoms with van der Waals surface area (Å²) in [6, 6.07) is 4.21. The van der Waals surface area contributed by atoms with Gasteiger partial charge in [0, 0.05) is 5.41 Å². The van der Waals surface area contributed by atoms with E-state index in [4.69, 9.17) is 9.84 Å². The van der Waals surface area contributed by atoms with Crippen molar-refractivity contribution in [3.05, 3.63) is 23.8 Å². The van der Waals surface area contributed by atoms with Crippen LogP contribution in [0.2, 0.25) is 0 Å². The standard InChI is InChI=1S/C16H23NO6/c1-15(2,3)23-14(22)17-10-8-9(6-7-11(10)18)16(4,5)12(19)13(20)21/h6-8,12,18-19H,1-5H3,(H,17,22)(H,20,21). The topological polar surface area (TPSA) is 116 Å². The second kappa shape index (κ2) is 6.45. The Kier molecular flexibility index (Phi) is 5.27. The summed E-state index contributed by atoms with van der Waals surface area (Å²) in [7, 11) is 0. The van der Waals surface area contributed by atoms with E-state index in [1.54, 1.807) is 34.6 Å². The average Bonchev–Trinajstić information content (AvgIpc) is 2.37. The van der Waals surface area contributed by atoms with Crippen molar-refractivity contribution < 1.29 is 29.6 Å². The highest BCUT2D eigenvalue weighted by molar-refractivity contribution is 5.87. The van der Waals surface area contributed by atoms with Crippen LogP contribution in [0.3, 0.4) is 0 Å². The SMILES string of the molecule is CC(C)(C)OC(=O)Nc1cc(C(C)(C)C(O)C(=O)O)ccc1O. The summed E-state index contributed by atoms with van der Waals surface area (Å²) in [6.45, 7) is 8.21. The van der Waals surface area contributed by atoms with Crippen molar-refractivity contribution in [1.29, 1.82) is 0 Å². The molecule has 128 valence electrons. The predicted octanol–water partition coefficient (Wildman–Crippen LogP) is 2.46. The van der Waals surface area contributed by atoms with Crippen LogP contribution in [0.1, 0.15) is 40.2 Å². The van der Waals surface area contributed by atoms with Gasteiger partial charge in [-0.1, -0.05) is 19.9 Å². The average molecular weight is 325 g/mol. The zero-order valence-corrected chi connectivity index (χ0v) is 13.9. The van der Waals surface area contributed by atoms with Gasteiger partial charge in [-0.2, -0.15) is 0 Å². The minimum atomic E-state index is -1.64. The first-order chi connectivity index (χ1) is 10.3. The lowest BCUT2D eigenvalue weighted by Crippen LogP contribution is -2.39. The number of rotatable bonds is 4. The number of phenols is 1. The maximum absolute atomic E-state index is 11.8. The number of carbonyl (C=O) groups is 2. The third kappa shape index (κ3) is 4.85. The fourth-order valence-corrected chi connectivity index (χ4v) is 1.92. The van der Waals surface area contributed by atoms with E-state index in [1.165, 1.54) is 18.2 Å². The number of phenolic OH excluding ortho intramolecular Hbond substituents is 1. The van der Waals surface area contributed by atoms with Crippen LogP contribution >= 0.6 is 0 Å². The fourth-order valence-electron chi connectivity index (χ4n) is 1.92. The first-order valence-electron chi connectivity index (χ1n) is 7.09. The highest BCUT2D eigenvalue weighted by Crippen LogP contribution is 2.33. The highest BCUT2D eigenvalue weighted by Gasteiger charge is 2.35. The van der Waals surface area contributed by atoms with Crippen LogP contribution in [-0.2, 0) is 14.9 Å². The lowest BCUT2D eigenvalue weighted by Gasteiger charge is -2.29. The number of carbonyl (C=O) groups excluding carboxylic acids is 1. The third-order valence-electron chi connectivity index (χ3n) is 3.29. The Morgan fingerprint density at radius 2 is 1.74 bits per heavy atom. The molecule has 0 aliphatic carbocycles. The number of nitrogens with one attached hydrogen (secondary N) is 1. The number of amides is 1. The Balaban J connectivity index is 3.09. The van der Waals surface area contributed by atoms with Gasteiger partial charge in [-0.3, -0.25) is 5.32 Å². The molecule has 7 heteroatoms. The number of carboxylic acid groups (broad SMARTS) is 1. The molecule has 0 aliphatic rings. The molecule has 0 radical (unpaired) electrons. The third-order valence-corrected chi connectivity index (χ3v) is 3.29. The van der Waals surface area contributed by atoms with Gasteiger partial charge in [0.05, 0.1) is 5.69 Å². The Hall–Kier alpha value is -2.28. The van der Waals surface area contributed by atoms with Crippen molar-refractivity contribution in [2.24, 2.45) is 0 Å². The molecular formula is C16H23NO6. The van der Waals surface area contributed by atoms with E-state index >= 15 is 0 Å². The monoisotopic (exact) mass is 325 g/mol. The van der Waals surface area contributed by atoms with Crippen molar-refractivity contribution in [3.63, 3.8) is 0 Å². The molecule has 1 aromatic carbocycles. The summed E-state index contributed by atoms with van der Waals surface area (Å²) in [5.41, 5.74) is -1.31. The molecule has 0 heterocycles. The Morgan fingerprint density at radius 1 is 1.17 bits per heavy atom. The van der Waals surface area contributed by atoms with E-state index in [2.05, 4.69) is 5.32 Å². The van der Waals surface area contributed by atoms with Crippen LogP contribution in [0.25, 0.3) is 0 Å². The molecule has 0 fully saturated rings. The second-order valence-electron chi connectivity index (χ2n) is 6.82. The van der Waals surface area contributed by atoms with E-state index in [1.807, 2.05) is 0 Å². The first-order valence-corrected chi connectivity index (χ1v) is 7.09. The summed E-state index contributed by atoms with van der Waals surface area (Å²) < 4.78 is 5.10. The molecule has 1 aromatic rings. The molecule has 0 aromatic heterocycles. The summed E-state index contributed by atoms with van der Waals surface area (Å²) in [5, 5.41) is 31.1.